The van der Waals surface area contributed by atoms with E-state index in [-0.39, 0.29) is 13.2 Å². The van der Waals surface area contributed by atoms with Crippen LogP contribution >= 0.6 is 7.60 Å². The molecule has 0 spiro atoms. The van der Waals surface area contributed by atoms with Crippen molar-refractivity contribution in [2.24, 2.45) is 0 Å². The number of carbonyl (C=O) groups is 1. The van der Waals surface area contributed by atoms with E-state index in [0.29, 0.717) is 0 Å². The Balaban J connectivity index is 4.55. The summed E-state index contributed by atoms with van der Waals surface area (Å²) < 4.78 is 20.8. The molecule has 0 saturated carbocycles. The second-order valence-corrected chi connectivity index (χ2v) is 4.23. The van der Waals surface area contributed by atoms with Crippen molar-refractivity contribution in [2.75, 3.05) is 19.8 Å². The third kappa shape index (κ3) is 3.95. The van der Waals surface area contributed by atoms with Gasteiger partial charge in [-0.15, -0.1) is 0 Å². The Morgan fingerprint density at radius 1 is 1.36 bits per heavy atom. The van der Waals surface area contributed by atoms with Gasteiger partial charge in [-0.1, -0.05) is 0 Å². The SMILES string of the molecule is CCOP(=O)(OCC)C(=O)C[N+](=O)[O-]. The van der Waals surface area contributed by atoms with E-state index < -0.39 is 24.6 Å². The fraction of sp³-hybridized carbons (Fsp3) is 0.833. The van der Waals surface area contributed by atoms with Crippen molar-refractivity contribution in [1.82, 2.24) is 0 Å². The van der Waals surface area contributed by atoms with Crippen LogP contribution in [-0.2, 0) is 18.4 Å². The van der Waals surface area contributed by atoms with Crippen LogP contribution < -0.4 is 0 Å². The van der Waals surface area contributed by atoms with Gasteiger partial charge in [-0.2, -0.15) is 0 Å². The summed E-state index contributed by atoms with van der Waals surface area (Å²) in [6.07, 6.45) is 0. The molecule has 0 aliphatic heterocycles. The molecule has 0 heterocycles. The lowest BCUT2D eigenvalue weighted by molar-refractivity contribution is -0.466. The van der Waals surface area contributed by atoms with Crippen molar-refractivity contribution < 1.29 is 23.3 Å². The Morgan fingerprint density at radius 3 is 2.07 bits per heavy atom. The maximum absolute atomic E-state index is 11.6. The highest BCUT2D eigenvalue weighted by molar-refractivity contribution is 7.71. The van der Waals surface area contributed by atoms with Crippen LogP contribution in [0.15, 0.2) is 0 Å². The average molecular weight is 225 g/mol. The highest BCUT2D eigenvalue weighted by Crippen LogP contribution is 2.48. The molecule has 0 atom stereocenters. The molecule has 0 bridgehead atoms. The molecule has 8 heteroatoms. The molecule has 0 radical (unpaired) electrons. The highest BCUT2D eigenvalue weighted by atomic mass is 31.2. The standard InChI is InChI=1S/C6H12NO6P/c1-3-12-14(11,13-4-2)6(8)5-7(9)10/h3-5H2,1-2H3. The molecule has 0 N–H and O–H groups in total. The minimum absolute atomic E-state index is 0.000726. The molecule has 0 rings (SSSR count). The smallest absolute Gasteiger partial charge is 0.303 e. The minimum Gasteiger partial charge on any atom is -0.303 e. The van der Waals surface area contributed by atoms with Crippen LogP contribution in [0.1, 0.15) is 13.8 Å². The van der Waals surface area contributed by atoms with Gasteiger partial charge in [-0.25, -0.2) is 0 Å². The second kappa shape index (κ2) is 5.85. The van der Waals surface area contributed by atoms with Crippen molar-refractivity contribution in [1.29, 1.82) is 0 Å². The molecule has 0 aromatic carbocycles. The minimum atomic E-state index is -3.94. The first-order chi connectivity index (χ1) is 6.46. The zero-order chi connectivity index (χ0) is 11.2. The zero-order valence-electron chi connectivity index (χ0n) is 7.97. The number of rotatable bonds is 7. The van der Waals surface area contributed by atoms with E-state index in [2.05, 4.69) is 9.05 Å². The van der Waals surface area contributed by atoms with Gasteiger partial charge in [0.1, 0.15) is 0 Å². The summed E-state index contributed by atoms with van der Waals surface area (Å²) in [6.45, 7) is 2.00. The van der Waals surface area contributed by atoms with E-state index in [4.69, 9.17) is 0 Å². The van der Waals surface area contributed by atoms with Crippen molar-refractivity contribution >= 4 is 13.1 Å². The predicted octanol–water partition coefficient (Wildman–Crippen LogP) is 1.06. The number of nitro groups is 1. The van der Waals surface area contributed by atoms with Crippen LogP contribution in [0.2, 0.25) is 0 Å². The Bertz CT molecular complexity index is 255. The van der Waals surface area contributed by atoms with Crippen molar-refractivity contribution in [3.63, 3.8) is 0 Å². The summed E-state index contributed by atoms with van der Waals surface area (Å²) in [5, 5.41) is 10.0. The topological polar surface area (TPSA) is 95.7 Å². The van der Waals surface area contributed by atoms with Gasteiger partial charge in [-0.3, -0.25) is 19.5 Å². The monoisotopic (exact) mass is 225 g/mol. The lowest BCUT2D eigenvalue weighted by Gasteiger charge is -2.12. The van der Waals surface area contributed by atoms with Crippen LogP contribution in [0.3, 0.4) is 0 Å². The molecule has 0 saturated heterocycles. The van der Waals surface area contributed by atoms with Gasteiger partial charge in [0.25, 0.3) is 6.54 Å². The average Bonchev–Trinajstić information content (AvgIpc) is 2.03. The molecule has 0 unspecified atom stereocenters. The van der Waals surface area contributed by atoms with Gasteiger partial charge >= 0.3 is 13.1 Å². The van der Waals surface area contributed by atoms with Gasteiger partial charge in [0.15, 0.2) is 0 Å². The Labute approximate surface area is 81.1 Å². The van der Waals surface area contributed by atoms with Gasteiger partial charge in [-0.05, 0) is 13.8 Å². The van der Waals surface area contributed by atoms with E-state index >= 15 is 0 Å². The third-order valence-corrected chi connectivity index (χ3v) is 3.12. The number of nitrogens with zero attached hydrogens (tertiary/aromatic N) is 1. The maximum Gasteiger partial charge on any atom is 0.403 e. The molecule has 0 aliphatic rings. The third-order valence-electron chi connectivity index (χ3n) is 1.17. The van der Waals surface area contributed by atoms with E-state index in [9.17, 15) is 19.5 Å². The molecular formula is C6H12NO6P. The van der Waals surface area contributed by atoms with Crippen LogP contribution in [0, 0.1) is 10.1 Å². The Hall–Kier alpha value is -0.780. The number of carbonyl (C=O) groups excluding carboxylic acids is 1. The first-order valence-electron chi connectivity index (χ1n) is 4.00. The summed E-state index contributed by atoms with van der Waals surface area (Å²) in [7, 11) is -3.94. The number of hydrogen-bond acceptors (Lipinski definition) is 6. The lowest BCUT2D eigenvalue weighted by atomic mass is 10.8. The predicted molar refractivity (Wildman–Crippen MR) is 47.7 cm³/mol. The zero-order valence-corrected chi connectivity index (χ0v) is 8.86. The molecule has 7 nitrogen and oxygen atoms in total. The van der Waals surface area contributed by atoms with Gasteiger partial charge < -0.3 is 9.05 Å². The first-order valence-corrected chi connectivity index (χ1v) is 5.54. The van der Waals surface area contributed by atoms with Gasteiger partial charge in [0, 0.05) is 4.92 Å². The largest absolute Gasteiger partial charge is 0.403 e. The molecule has 0 aromatic rings. The molecule has 0 fully saturated rings. The summed E-state index contributed by atoms with van der Waals surface area (Å²) in [4.78, 5) is 20.2. The summed E-state index contributed by atoms with van der Waals surface area (Å²) in [6, 6.07) is 0. The quantitative estimate of drug-likeness (QED) is 0.365. The molecular weight excluding hydrogens is 213 g/mol. The first kappa shape index (κ1) is 13.2. The molecule has 0 aromatic heterocycles. The van der Waals surface area contributed by atoms with Gasteiger partial charge in [0.05, 0.1) is 13.2 Å². The normalized spacial score (nSPS) is 11.3. The van der Waals surface area contributed by atoms with E-state index in [0.717, 1.165) is 0 Å². The maximum atomic E-state index is 11.6. The Kier molecular flexibility index (Phi) is 5.52. The molecule has 14 heavy (non-hydrogen) atoms. The second-order valence-electron chi connectivity index (χ2n) is 2.22. The van der Waals surface area contributed by atoms with Crippen molar-refractivity contribution in [3.05, 3.63) is 10.1 Å². The number of hydrogen-bond donors (Lipinski definition) is 0. The lowest BCUT2D eigenvalue weighted by Crippen LogP contribution is -2.16. The summed E-state index contributed by atoms with van der Waals surface area (Å²) in [5.41, 5.74) is -1.12. The van der Waals surface area contributed by atoms with E-state index in [1.54, 1.807) is 0 Å². The van der Waals surface area contributed by atoms with Gasteiger partial charge in [0.2, 0.25) is 0 Å². The molecule has 0 aliphatic carbocycles. The van der Waals surface area contributed by atoms with Crippen LogP contribution in [-0.4, -0.2) is 30.2 Å². The van der Waals surface area contributed by atoms with E-state index in [1.807, 2.05) is 0 Å². The van der Waals surface area contributed by atoms with Crippen molar-refractivity contribution in [3.8, 4) is 0 Å². The van der Waals surface area contributed by atoms with Crippen LogP contribution in [0.5, 0.6) is 0 Å². The van der Waals surface area contributed by atoms with Crippen LogP contribution in [0.4, 0.5) is 0 Å². The Morgan fingerprint density at radius 2 is 1.79 bits per heavy atom. The van der Waals surface area contributed by atoms with Crippen LogP contribution in [0.25, 0.3) is 0 Å². The van der Waals surface area contributed by atoms with E-state index in [1.165, 1.54) is 13.8 Å². The molecule has 82 valence electrons. The fourth-order valence-electron chi connectivity index (χ4n) is 0.718. The summed E-state index contributed by atoms with van der Waals surface area (Å²) in [5.74, 6) is 0. The fourth-order valence-corrected chi connectivity index (χ4v) is 2.05. The molecule has 0 amide bonds. The summed E-state index contributed by atoms with van der Waals surface area (Å²) >= 11 is 0. The highest BCUT2D eigenvalue weighted by Gasteiger charge is 2.37. The van der Waals surface area contributed by atoms with Crippen molar-refractivity contribution in [2.45, 2.75) is 13.8 Å².